The SMILES string of the molecule is C#Cc1c(OCc2ccccc2)ccn(Cc2cccc(F)c2)c1=O. The zero-order valence-electron chi connectivity index (χ0n) is 13.5. The first kappa shape index (κ1) is 16.5. The van der Waals surface area contributed by atoms with Crippen LogP contribution in [0, 0.1) is 18.2 Å². The maximum atomic E-state index is 13.3. The lowest BCUT2D eigenvalue weighted by Gasteiger charge is -2.11. The van der Waals surface area contributed by atoms with Crippen molar-refractivity contribution in [2.45, 2.75) is 13.2 Å². The monoisotopic (exact) mass is 333 g/mol. The molecule has 0 radical (unpaired) electrons. The summed E-state index contributed by atoms with van der Waals surface area (Å²) in [5.74, 6) is 2.43. The fraction of sp³-hybridized carbons (Fsp3) is 0.0952. The topological polar surface area (TPSA) is 31.2 Å². The Labute approximate surface area is 145 Å². The molecule has 0 unspecified atom stereocenters. The second-order valence-electron chi connectivity index (χ2n) is 5.54. The van der Waals surface area contributed by atoms with Crippen LogP contribution in [0.2, 0.25) is 0 Å². The van der Waals surface area contributed by atoms with Crippen LogP contribution in [-0.2, 0) is 13.2 Å². The maximum Gasteiger partial charge on any atom is 0.270 e. The van der Waals surface area contributed by atoms with E-state index in [0.29, 0.717) is 17.9 Å². The van der Waals surface area contributed by atoms with Gasteiger partial charge >= 0.3 is 0 Å². The summed E-state index contributed by atoms with van der Waals surface area (Å²) in [4.78, 5) is 12.6. The molecule has 0 saturated heterocycles. The summed E-state index contributed by atoms with van der Waals surface area (Å²) in [6, 6.07) is 17.4. The van der Waals surface area contributed by atoms with Gasteiger partial charge in [0.2, 0.25) is 0 Å². The fourth-order valence-electron chi connectivity index (χ4n) is 2.50. The first-order valence-electron chi connectivity index (χ1n) is 7.78. The summed E-state index contributed by atoms with van der Waals surface area (Å²) >= 11 is 0. The van der Waals surface area contributed by atoms with E-state index in [-0.39, 0.29) is 23.5 Å². The number of hydrogen-bond donors (Lipinski definition) is 0. The Balaban J connectivity index is 1.84. The molecule has 0 bridgehead atoms. The molecule has 124 valence electrons. The van der Waals surface area contributed by atoms with E-state index in [2.05, 4.69) is 5.92 Å². The van der Waals surface area contributed by atoms with E-state index in [1.54, 1.807) is 24.4 Å². The van der Waals surface area contributed by atoms with Crippen LogP contribution in [0.5, 0.6) is 5.75 Å². The van der Waals surface area contributed by atoms with Gasteiger partial charge in [-0.2, -0.15) is 0 Å². The Morgan fingerprint density at radius 2 is 1.80 bits per heavy atom. The van der Waals surface area contributed by atoms with Crippen molar-refractivity contribution in [3.05, 3.63) is 99.7 Å². The molecule has 3 rings (SSSR count). The molecular weight excluding hydrogens is 317 g/mol. The molecule has 0 N–H and O–H groups in total. The number of benzene rings is 2. The molecule has 25 heavy (non-hydrogen) atoms. The van der Waals surface area contributed by atoms with Gasteiger partial charge in [0.1, 0.15) is 23.7 Å². The molecule has 3 aromatic rings. The highest BCUT2D eigenvalue weighted by molar-refractivity contribution is 5.43. The molecule has 0 fully saturated rings. The predicted octanol–water partition coefficient (Wildman–Crippen LogP) is 3.60. The summed E-state index contributed by atoms with van der Waals surface area (Å²) in [5, 5.41) is 0. The molecule has 0 aliphatic rings. The Hall–Kier alpha value is -3.32. The fourth-order valence-corrected chi connectivity index (χ4v) is 2.50. The van der Waals surface area contributed by atoms with Crippen LogP contribution in [0.15, 0.2) is 71.7 Å². The Morgan fingerprint density at radius 1 is 1.04 bits per heavy atom. The minimum absolute atomic E-state index is 0.162. The van der Waals surface area contributed by atoms with Gasteiger partial charge in [0.15, 0.2) is 0 Å². The van der Waals surface area contributed by atoms with Gasteiger partial charge in [0, 0.05) is 6.20 Å². The highest BCUT2D eigenvalue weighted by Gasteiger charge is 2.10. The highest BCUT2D eigenvalue weighted by atomic mass is 19.1. The molecule has 3 nitrogen and oxygen atoms in total. The second kappa shape index (κ2) is 7.50. The minimum Gasteiger partial charge on any atom is -0.487 e. The van der Waals surface area contributed by atoms with Gasteiger partial charge in [-0.15, -0.1) is 6.42 Å². The van der Waals surface area contributed by atoms with E-state index in [1.165, 1.54) is 16.7 Å². The Morgan fingerprint density at radius 3 is 2.52 bits per heavy atom. The lowest BCUT2D eigenvalue weighted by molar-refractivity contribution is 0.304. The van der Waals surface area contributed by atoms with Crippen LogP contribution in [0.1, 0.15) is 16.7 Å². The lowest BCUT2D eigenvalue weighted by atomic mass is 10.2. The summed E-state index contributed by atoms with van der Waals surface area (Å²) in [7, 11) is 0. The van der Waals surface area contributed by atoms with Gasteiger partial charge in [-0.25, -0.2) is 4.39 Å². The zero-order valence-corrected chi connectivity index (χ0v) is 13.5. The zero-order chi connectivity index (χ0) is 17.6. The molecule has 0 atom stereocenters. The number of halogens is 1. The Bertz CT molecular complexity index is 971. The predicted molar refractivity (Wildman–Crippen MR) is 94.9 cm³/mol. The van der Waals surface area contributed by atoms with Crippen molar-refractivity contribution < 1.29 is 9.13 Å². The molecule has 0 saturated carbocycles. The smallest absolute Gasteiger partial charge is 0.270 e. The van der Waals surface area contributed by atoms with Gasteiger partial charge in [-0.1, -0.05) is 48.4 Å². The van der Waals surface area contributed by atoms with E-state index in [0.717, 1.165) is 5.56 Å². The number of terminal acetylenes is 1. The number of rotatable bonds is 5. The summed E-state index contributed by atoms with van der Waals surface area (Å²) < 4.78 is 20.4. The van der Waals surface area contributed by atoms with Crippen molar-refractivity contribution in [1.29, 1.82) is 0 Å². The van der Waals surface area contributed by atoms with Gasteiger partial charge < -0.3 is 9.30 Å². The van der Waals surface area contributed by atoms with Crippen LogP contribution in [0.3, 0.4) is 0 Å². The Kier molecular flexibility index (Phi) is 4.96. The maximum absolute atomic E-state index is 13.3. The molecule has 1 heterocycles. The van der Waals surface area contributed by atoms with Crippen LogP contribution < -0.4 is 10.3 Å². The van der Waals surface area contributed by atoms with Crippen molar-refractivity contribution in [3.8, 4) is 18.1 Å². The van der Waals surface area contributed by atoms with E-state index < -0.39 is 0 Å². The van der Waals surface area contributed by atoms with E-state index in [4.69, 9.17) is 11.2 Å². The number of nitrogens with zero attached hydrogens (tertiary/aromatic N) is 1. The third-order valence-electron chi connectivity index (χ3n) is 3.75. The van der Waals surface area contributed by atoms with E-state index in [9.17, 15) is 9.18 Å². The van der Waals surface area contributed by atoms with Gasteiger partial charge in [-0.05, 0) is 29.3 Å². The van der Waals surface area contributed by atoms with Crippen molar-refractivity contribution in [2.75, 3.05) is 0 Å². The average molecular weight is 333 g/mol. The molecular formula is C21H16FNO2. The molecule has 1 aromatic heterocycles. The molecule has 0 aliphatic carbocycles. The summed E-state index contributed by atoms with van der Waals surface area (Å²) in [5.41, 5.74) is 1.49. The molecule has 4 heteroatoms. The van der Waals surface area contributed by atoms with Gasteiger partial charge in [0.25, 0.3) is 5.56 Å². The normalized spacial score (nSPS) is 10.2. The van der Waals surface area contributed by atoms with Crippen LogP contribution in [0.4, 0.5) is 4.39 Å². The summed E-state index contributed by atoms with van der Waals surface area (Å²) in [6.45, 7) is 0.563. The minimum atomic E-state index is -0.342. The lowest BCUT2D eigenvalue weighted by Crippen LogP contribution is -2.23. The van der Waals surface area contributed by atoms with Crippen molar-refractivity contribution in [1.82, 2.24) is 4.57 Å². The first-order valence-corrected chi connectivity index (χ1v) is 7.78. The number of pyridine rings is 1. The third kappa shape index (κ3) is 3.96. The average Bonchev–Trinajstić information content (AvgIpc) is 2.63. The van der Waals surface area contributed by atoms with E-state index in [1.807, 2.05) is 30.3 Å². The summed E-state index contributed by atoms with van der Waals surface area (Å²) in [6.07, 6.45) is 7.11. The van der Waals surface area contributed by atoms with Crippen molar-refractivity contribution >= 4 is 0 Å². The van der Waals surface area contributed by atoms with Crippen LogP contribution in [-0.4, -0.2) is 4.57 Å². The van der Waals surface area contributed by atoms with Crippen molar-refractivity contribution in [2.24, 2.45) is 0 Å². The quantitative estimate of drug-likeness (QED) is 0.668. The largest absolute Gasteiger partial charge is 0.487 e. The van der Waals surface area contributed by atoms with E-state index >= 15 is 0 Å². The third-order valence-corrected chi connectivity index (χ3v) is 3.75. The molecule has 2 aromatic carbocycles. The number of aromatic nitrogens is 1. The first-order chi connectivity index (χ1) is 12.2. The van der Waals surface area contributed by atoms with Gasteiger partial charge in [0.05, 0.1) is 6.54 Å². The standard InChI is InChI=1S/C21H16FNO2/c1-2-19-20(25-15-16-7-4-3-5-8-16)11-12-23(21(19)24)14-17-9-6-10-18(22)13-17/h1,3-13H,14-15H2. The van der Waals surface area contributed by atoms with Crippen LogP contribution in [0.25, 0.3) is 0 Å². The number of hydrogen-bond acceptors (Lipinski definition) is 2. The van der Waals surface area contributed by atoms with Crippen molar-refractivity contribution in [3.63, 3.8) is 0 Å². The number of ether oxygens (including phenoxy) is 1. The van der Waals surface area contributed by atoms with Crippen LogP contribution >= 0.6 is 0 Å². The molecule has 0 amide bonds. The molecule has 0 spiro atoms. The van der Waals surface area contributed by atoms with Gasteiger partial charge in [-0.3, -0.25) is 4.79 Å². The highest BCUT2D eigenvalue weighted by Crippen LogP contribution is 2.16. The molecule has 0 aliphatic heterocycles. The second-order valence-corrected chi connectivity index (χ2v) is 5.54.